The Morgan fingerprint density at radius 3 is 2.86 bits per heavy atom. The fourth-order valence-electron chi connectivity index (χ4n) is 4.67. The maximum Gasteiger partial charge on any atom is 0.319 e. The summed E-state index contributed by atoms with van der Waals surface area (Å²) in [6, 6.07) is 8.59. The number of urea groups is 1. The van der Waals surface area contributed by atoms with Crippen molar-refractivity contribution in [3.05, 3.63) is 41.7 Å². The van der Waals surface area contributed by atoms with Gasteiger partial charge in [0.1, 0.15) is 0 Å². The van der Waals surface area contributed by atoms with Gasteiger partial charge in [-0.3, -0.25) is 4.90 Å². The zero-order valence-corrected chi connectivity index (χ0v) is 17.5. The van der Waals surface area contributed by atoms with E-state index in [9.17, 15) is 4.79 Å². The number of hydrogen-bond acceptors (Lipinski definition) is 4. The summed E-state index contributed by atoms with van der Waals surface area (Å²) in [5.74, 6) is 0. The molecule has 1 aromatic carbocycles. The van der Waals surface area contributed by atoms with Crippen LogP contribution in [0.2, 0.25) is 0 Å². The van der Waals surface area contributed by atoms with Gasteiger partial charge in [0, 0.05) is 32.3 Å². The summed E-state index contributed by atoms with van der Waals surface area (Å²) < 4.78 is 7.36. The molecule has 1 aliphatic heterocycles. The van der Waals surface area contributed by atoms with Crippen molar-refractivity contribution < 1.29 is 9.53 Å². The summed E-state index contributed by atoms with van der Waals surface area (Å²) in [5.41, 5.74) is 3.82. The van der Waals surface area contributed by atoms with Gasteiger partial charge in [0.2, 0.25) is 0 Å². The van der Waals surface area contributed by atoms with Gasteiger partial charge in [0.05, 0.1) is 29.4 Å². The monoisotopic (exact) mass is 397 g/mol. The van der Waals surface area contributed by atoms with E-state index in [-0.39, 0.29) is 12.1 Å². The van der Waals surface area contributed by atoms with Gasteiger partial charge in [-0.2, -0.15) is 5.10 Å². The van der Waals surface area contributed by atoms with Gasteiger partial charge >= 0.3 is 6.03 Å². The fraction of sp³-hybridized carbons (Fsp3) is 0.545. The van der Waals surface area contributed by atoms with E-state index < -0.39 is 0 Å². The van der Waals surface area contributed by atoms with E-state index in [1.165, 1.54) is 5.56 Å². The summed E-state index contributed by atoms with van der Waals surface area (Å²) in [7, 11) is 1.78. The van der Waals surface area contributed by atoms with E-state index in [2.05, 4.69) is 39.7 Å². The fourth-order valence-corrected chi connectivity index (χ4v) is 4.67. The van der Waals surface area contributed by atoms with Crippen LogP contribution in [-0.2, 0) is 4.74 Å². The van der Waals surface area contributed by atoms with Crippen LogP contribution in [0.4, 0.5) is 10.5 Å². The van der Waals surface area contributed by atoms with E-state index in [4.69, 9.17) is 4.74 Å². The van der Waals surface area contributed by atoms with Gasteiger partial charge in [-0.15, -0.1) is 0 Å². The molecule has 2 amide bonds. The van der Waals surface area contributed by atoms with Crippen LogP contribution in [0.25, 0.3) is 5.69 Å². The van der Waals surface area contributed by atoms with Crippen molar-refractivity contribution in [3.63, 3.8) is 0 Å². The normalized spacial score (nSPS) is 24.7. The number of benzene rings is 1. The Morgan fingerprint density at radius 2 is 2.10 bits per heavy atom. The highest BCUT2D eigenvalue weighted by Crippen LogP contribution is 2.28. The number of nitrogens with one attached hydrogen (secondary N) is 2. The second-order valence-corrected chi connectivity index (χ2v) is 8.24. The molecule has 1 aromatic heterocycles. The first kappa shape index (κ1) is 19.9. The zero-order chi connectivity index (χ0) is 20.4. The first-order chi connectivity index (χ1) is 14.0. The SMILES string of the molecule is COC1CCN([C@@H]2CCC[C@@H]2NC(=O)Nc2cnn(-c3cccc(C)c3)c2C)C1. The quantitative estimate of drug-likeness (QED) is 0.812. The lowest BCUT2D eigenvalue weighted by molar-refractivity contribution is 0.0985. The molecule has 0 radical (unpaired) electrons. The molecule has 4 rings (SSSR count). The third-order valence-electron chi connectivity index (χ3n) is 6.28. The standard InChI is InChI=1S/C22H31N5O2/c1-15-6-4-7-17(12-15)27-16(2)20(13-23-27)25-22(28)24-19-8-5-9-21(19)26-11-10-18(14-26)29-3/h4,6-7,12-13,18-19,21H,5,8-11,14H2,1-3H3,(H2,24,25,28)/t18?,19-,21+/m0/s1. The molecular weight excluding hydrogens is 366 g/mol. The lowest BCUT2D eigenvalue weighted by Gasteiger charge is -2.30. The van der Waals surface area contributed by atoms with Crippen molar-refractivity contribution in [1.82, 2.24) is 20.0 Å². The minimum atomic E-state index is -0.156. The number of ether oxygens (including phenoxy) is 1. The molecule has 1 saturated heterocycles. The number of anilines is 1. The van der Waals surface area contributed by atoms with Crippen LogP contribution in [0.15, 0.2) is 30.5 Å². The number of carbonyl (C=O) groups is 1. The Labute approximate surface area is 172 Å². The maximum atomic E-state index is 12.7. The van der Waals surface area contributed by atoms with E-state index >= 15 is 0 Å². The highest BCUT2D eigenvalue weighted by Gasteiger charge is 2.36. The largest absolute Gasteiger partial charge is 0.380 e. The van der Waals surface area contributed by atoms with E-state index in [1.54, 1.807) is 13.3 Å². The zero-order valence-electron chi connectivity index (χ0n) is 17.5. The summed E-state index contributed by atoms with van der Waals surface area (Å²) in [6.45, 7) is 6.04. The first-order valence-corrected chi connectivity index (χ1v) is 10.5. The number of rotatable bonds is 5. The van der Waals surface area contributed by atoms with Gasteiger partial charge in [0.25, 0.3) is 0 Å². The van der Waals surface area contributed by atoms with Crippen LogP contribution in [-0.4, -0.2) is 59.1 Å². The Bertz CT molecular complexity index is 865. The second-order valence-electron chi connectivity index (χ2n) is 8.24. The van der Waals surface area contributed by atoms with E-state index in [0.29, 0.717) is 12.1 Å². The van der Waals surface area contributed by atoms with Crippen molar-refractivity contribution >= 4 is 11.7 Å². The second kappa shape index (κ2) is 8.55. The predicted molar refractivity (Wildman–Crippen MR) is 114 cm³/mol. The van der Waals surface area contributed by atoms with Crippen molar-refractivity contribution in [3.8, 4) is 5.69 Å². The number of hydrogen-bond donors (Lipinski definition) is 2. The van der Waals surface area contributed by atoms with Gasteiger partial charge in [0.15, 0.2) is 0 Å². The summed E-state index contributed by atoms with van der Waals surface area (Å²) in [6.07, 6.45) is 6.41. The van der Waals surface area contributed by atoms with E-state index in [1.807, 2.05) is 23.7 Å². The molecule has 2 fully saturated rings. The van der Waals surface area contributed by atoms with Crippen LogP contribution in [0, 0.1) is 13.8 Å². The Morgan fingerprint density at radius 1 is 1.24 bits per heavy atom. The van der Waals surface area contributed by atoms with Crippen molar-refractivity contribution in [2.24, 2.45) is 0 Å². The molecule has 1 aliphatic carbocycles. The number of methoxy groups -OCH3 is 1. The van der Waals surface area contributed by atoms with Crippen LogP contribution < -0.4 is 10.6 Å². The van der Waals surface area contributed by atoms with Gasteiger partial charge < -0.3 is 15.4 Å². The lowest BCUT2D eigenvalue weighted by atomic mass is 10.1. The number of aryl methyl sites for hydroxylation is 1. The molecular formula is C22H31N5O2. The average Bonchev–Trinajstić information content (AvgIpc) is 3.42. The molecule has 3 atom stereocenters. The molecule has 2 N–H and O–H groups in total. The summed E-state index contributed by atoms with van der Waals surface area (Å²) in [4.78, 5) is 15.2. The molecule has 0 spiro atoms. The van der Waals surface area contributed by atoms with Gasteiger partial charge in [-0.25, -0.2) is 9.48 Å². The Hall–Kier alpha value is -2.38. The Kier molecular flexibility index (Phi) is 5.87. The highest BCUT2D eigenvalue weighted by molar-refractivity contribution is 5.90. The number of nitrogens with zero attached hydrogens (tertiary/aromatic N) is 3. The predicted octanol–water partition coefficient (Wildman–Crippen LogP) is 3.25. The van der Waals surface area contributed by atoms with Crippen molar-refractivity contribution in [2.75, 3.05) is 25.5 Å². The minimum absolute atomic E-state index is 0.156. The number of likely N-dealkylation sites (tertiary alicyclic amines) is 1. The molecule has 156 valence electrons. The van der Waals surface area contributed by atoms with Crippen molar-refractivity contribution in [1.29, 1.82) is 0 Å². The minimum Gasteiger partial charge on any atom is -0.380 e. The maximum absolute atomic E-state index is 12.7. The highest BCUT2D eigenvalue weighted by atomic mass is 16.5. The van der Waals surface area contributed by atoms with Crippen LogP contribution in [0.1, 0.15) is 36.9 Å². The number of aromatic nitrogens is 2. The average molecular weight is 398 g/mol. The molecule has 0 bridgehead atoms. The molecule has 1 unspecified atom stereocenters. The van der Waals surface area contributed by atoms with Gasteiger partial charge in [-0.1, -0.05) is 12.1 Å². The molecule has 29 heavy (non-hydrogen) atoms. The third kappa shape index (κ3) is 4.31. The molecule has 7 nitrogen and oxygen atoms in total. The van der Waals surface area contributed by atoms with Crippen LogP contribution >= 0.6 is 0 Å². The number of carbonyl (C=O) groups excluding carboxylic acids is 1. The van der Waals surface area contributed by atoms with Crippen LogP contribution in [0.5, 0.6) is 0 Å². The molecule has 2 aliphatic rings. The first-order valence-electron chi connectivity index (χ1n) is 10.5. The third-order valence-corrected chi connectivity index (χ3v) is 6.28. The molecule has 2 aromatic rings. The lowest BCUT2D eigenvalue weighted by Crippen LogP contribution is -2.49. The molecule has 7 heteroatoms. The molecule has 1 saturated carbocycles. The number of amides is 2. The topological polar surface area (TPSA) is 71.4 Å². The smallest absolute Gasteiger partial charge is 0.319 e. The van der Waals surface area contributed by atoms with E-state index in [0.717, 1.165) is 55.8 Å². The summed E-state index contributed by atoms with van der Waals surface area (Å²) in [5, 5.41) is 10.7. The van der Waals surface area contributed by atoms with Crippen LogP contribution in [0.3, 0.4) is 0 Å². The van der Waals surface area contributed by atoms with Crippen molar-refractivity contribution in [2.45, 2.75) is 57.7 Å². The molecule has 2 heterocycles. The summed E-state index contributed by atoms with van der Waals surface area (Å²) >= 11 is 0. The van der Waals surface area contributed by atoms with Gasteiger partial charge in [-0.05, 0) is 57.2 Å². The Balaban J connectivity index is 1.39.